The van der Waals surface area contributed by atoms with E-state index in [0.29, 0.717) is 0 Å². The third-order valence-corrected chi connectivity index (χ3v) is 5.09. The van der Waals surface area contributed by atoms with Gasteiger partial charge in [-0.25, -0.2) is 4.79 Å². The molecule has 25 heavy (non-hydrogen) atoms. The van der Waals surface area contributed by atoms with E-state index in [1.807, 2.05) is 0 Å². The summed E-state index contributed by atoms with van der Waals surface area (Å²) >= 11 is 1.56. The predicted molar refractivity (Wildman–Crippen MR) is 83.4 cm³/mol. The average Bonchev–Trinajstić information content (AvgIpc) is 3.07. The van der Waals surface area contributed by atoms with Gasteiger partial charge in [0.25, 0.3) is 0 Å². The maximum Gasteiger partial charge on any atom is 0.490 e. The maximum atomic E-state index is 12.2. The van der Waals surface area contributed by atoms with E-state index in [4.69, 9.17) is 9.90 Å². The number of carbonyl (C=O) groups excluding carboxylic acids is 1. The van der Waals surface area contributed by atoms with Crippen molar-refractivity contribution in [2.75, 3.05) is 38.1 Å². The monoisotopic (exact) mass is 381 g/mol. The minimum Gasteiger partial charge on any atom is -0.475 e. The van der Waals surface area contributed by atoms with Crippen LogP contribution in [0.5, 0.6) is 0 Å². The third-order valence-electron chi connectivity index (χ3n) is 4.34. The fourth-order valence-electron chi connectivity index (χ4n) is 2.87. The summed E-state index contributed by atoms with van der Waals surface area (Å²) in [5.41, 5.74) is 1.44. The molecule has 1 amide bonds. The number of hydrogen-bond donors (Lipinski definition) is 2. The van der Waals surface area contributed by atoms with Gasteiger partial charge in [0.2, 0.25) is 11.0 Å². The second-order valence-corrected chi connectivity index (χ2v) is 6.53. The number of rotatable bonds is 1. The van der Waals surface area contributed by atoms with E-state index in [9.17, 15) is 18.0 Å². The van der Waals surface area contributed by atoms with Crippen LogP contribution in [0, 0.1) is 0 Å². The molecule has 0 aromatic carbocycles. The second-order valence-electron chi connectivity index (χ2n) is 5.72. The Morgan fingerprint density at radius 3 is 2.40 bits per heavy atom. The Labute approximate surface area is 145 Å². The average molecular weight is 381 g/mol. The number of carboxylic acid groups (broad SMARTS) is 1. The number of likely N-dealkylation sites (N-methyl/N-ethyl adjacent to an activating group) is 1. The van der Waals surface area contributed by atoms with Crippen molar-refractivity contribution in [2.24, 2.45) is 0 Å². The quantitative estimate of drug-likeness (QED) is 0.734. The van der Waals surface area contributed by atoms with Gasteiger partial charge < -0.3 is 15.3 Å². The summed E-state index contributed by atoms with van der Waals surface area (Å²) in [5.74, 6) is -2.57. The van der Waals surface area contributed by atoms with Crippen molar-refractivity contribution in [3.63, 3.8) is 0 Å². The highest BCUT2D eigenvalue weighted by Crippen LogP contribution is 2.32. The van der Waals surface area contributed by atoms with Gasteiger partial charge in [-0.1, -0.05) is 11.3 Å². The van der Waals surface area contributed by atoms with E-state index in [1.165, 1.54) is 0 Å². The first kappa shape index (κ1) is 19.4. The van der Waals surface area contributed by atoms with E-state index in [1.54, 1.807) is 16.8 Å². The number of hydrogen-bond acceptors (Lipinski definition) is 7. The van der Waals surface area contributed by atoms with Crippen LogP contribution in [-0.2, 0) is 9.59 Å². The van der Waals surface area contributed by atoms with Crippen LogP contribution < -0.4 is 10.2 Å². The Bertz CT molecular complexity index is 603. The Kier molecular flexibility index (Phi) is 5.83. The van der Waals surface area contributed by atoms with Crippen molar-refractivity contribution in [3.8, 4) is 0 Å². The molecule has 2 aliphatic rings. The first-order valence-corrected chi connectivity index (χ1v) is 8.35. The highest BCUT2D eigenvalue weighted by Gasteiger charge is 2.46. The number of nitrogens with zero attached hydrogens (tertiary/aromatic N) is 4. The molecule has 12 heteroatoms. The van der Waals surface area contributed by atoms with E-state index in [-0.39, 0.29) is 11.4 Å². The van der Waals surface area contributed by atoms with Gasteiger partial charge >= 0.3 is 12.1 Å². The molecule has 0 atom stereocenters. The van der Waals surface area contributed by atoms with E-state index >= 15 is 0 Å². The van der Waals surface area contributed by atoms with Crippen LogP contribution in [0.25, 0.3) is 0 Å². The summed E-state index contributed by atoms with van der Waals surface area (Å²) in [7, 11) is 2.05. The largest absolute Gasteiger partial charge is 0.490 e. The fourth-order valence-corrected chi connectivity index (χ4v) is 3.49. The molecule has 2 fully saturated rings. The van der Waals surface area contributed by atoms with Gasteiger partial charge in [-0.15, -0.1) is 10.2 Å². The van der Waals surface area contributed by atoms with Crippen molar-refractivity contribution < 1.29 is 27.9 Å². The molecule has 3 rings (SSSR count). The van der Waals surface area contributed by atoms with Gasteiger partial charge in [-0.2, -0.15) is 13.2 Å². The molecule has 1 aromatic heterocycles. The number of alkyl halides is 3. The van der Waals surface area contributed by atoms with E-state index in [0.717, 1.165) is 44.2 Å². The number of anilines is 1. The summed E-state index contributed by atoms with van der Waals surface area (Å²) in [4.78, 5) is 25.5. The van der Waals surface area contributed by atoms with Gasteiger partial charge in [-0.05, 0) is 19.9 Å². The molecule has 0 aliphatic carbocycles. The molecule has 2 aliphatic heterocycles. The standard InChI is InChI=1S/C11H17N5OS.C2HF3O2/c1-15-7-4-12-9(17)11(15)2-5-16(6-3-11)10-14-13-8-18-10;3-2(4,5)1(6)7/h8H,2-7H2,1H3,(H,12,17);(H,6,7). The summed E-state index contributed by atoms with van der Waals surface area (Å²) in [6, 6.07) is 0. The normalized spacial score (nSPS) is 20.6. The topological polar surface area (TPSA) is 98.7 Å². The minimum atomic E-state index is -5.08. The van der Waals surface area contributed by atoms with Crippen LogP contribution in [0.1, 0.15) is 12.8 Å². The van der Waals surface area contributed by atoms with Crippen LogP contribution in [0.15, 0.2) is 5.51 Å². The van der Waals surface area contributed by atoms with Gasteiger partial charge in [0.15, 0.2) is 0 Å². The molecule has 8 nitrogen and oxygen atoms in total. The molecule has 0 unspecified atom stereocenters. The second kappa shape index (κ2) is 7.52. The molecule has 2 saturated heterocycles. The molecule has 0 saturated carbocycles. The van der Waals surface area contributed by atoms with Gasteiger partial charge in [0, 0.05) is 26.2 Å². The number of aliphatic carboxylic acids is 1. The highest BCUT2D eigenvalue weighted by atomic mass is 32.1. The number of carboxylic acids is 1. The summed E-state index contributed by atoms with van der Waals surface area (Å²) in [6.45, 7) is 3.43. The molecule has 1 spiro atoms. The van der Waals surface area contributed by atoms with E-state index < -0.39 is 12.1 Å². The predicted octanol–water partition coefficient (Wildman–Crippen LogP) is 0.572. The summed E-state index contributed by atoms with van der Waals surface area (Å²) in [6.07, 6.45) is -3.37. The van der Waals surface area contributed by atoms with Gasteiger partial charge in [0.05, 0.1) is 0 Å². The first-order valence-electron chi connectivity index (χ1n) is 7.47. The lowest BCUT2D eigenvalue weighted by Gasteiger charge is -2.48. The number of piperazine rings is 1. The minimum absolute atomic E-state index is 0.188. The highest BCUT2D eigenvalue weighted by molar-refractivity contribution is 7.13. The zero-order valence-corrected chi connectivity index (χ0v) is 14.2. The van der Waals surface area contributed by atoms with Crippen LogP contribution in [0.2, 0.25) is 0 Å². The third kappa shape index (κ3) is 4.37. The lowest BCUT2D eigenvalue weighted by molar-refractivity contribution is -0.192. The van der Waals surface area contributed by atoms with Crippen molar-refractivity contribution in [2.45, 2.75) is 24.6 Å². The number of piperidine rings is 1. The van der Waals surface area contributed by atoms with Gasteiger partial charge in [0.1, 0.15) is 11.0 Å². The zero-order chi connectivity index (χ0) is 18.7. The smallest absolute Gasteiger partial charge is 0.475 e. The molecule has 140 valence electrons. The Balaban J connectivity index is 0.000000277. The number of halogens is 3. The zero-order valence-electron chi connectivity index (χ0n) is 13.4. The maximum absolute atomic E-state index is 12.2. The fraction of sp³-hybridized carbons (Fsp3) is 0.692. The van der Waals surface area contributed by atoms with E-state index in [2.05, 4.69) is 32.4 Å². The molecule has 0 radical (unpaired) electrons. The number of aromatic nitrogens is 2. The number of amides is 1. The Hall–Kier alpha value is -1.95. The number of carbonyl (C=O) groups is 2. The molecule has 0 bridgehead atoms. The SMILES string of the molecule is CN1CCNC(=O)C12CCN(c1nncs1)CC2.O=C(O)C(F)(F)F. The Morgan fingerprint density at radius 2 is 1.96 bits per heavy atom. The van der Waals surface area contributed by atoms with Crippen molar-refractivity contribution in [1.29, 1.82) is 0 Å². The summed E-state index contributed by atoms with van der Waals surface area (Å²) in [5, 5.41) is 19.0. The summed E-state index contributed by atoms with van der Waals surface area (Å²) < 4.78 is 31.7. The van der Waals surface area contributed by atoms with Crippen molar-refractivity contribution >= 4 is 28.3 Å². The lowest BCUT2D eigenvalue weighted by atomic mass is 9.84. The first-order chi connectivity index (χ1) is 11.7. The van der Waals surface area contributed by atoms with Crippen LogP contribution in [-0.4, -0.2) is 77.0 Å². The van der Waals surface area contributed by atoms with Crippen molar-refractivity contribution in [3.05, 3.63) is 5.51 Å². The Morgan fingerprint density at radius 1 is 1.36 bits per heavy atom. The van der Waals surface area contributed by atoms with Crippen LogP contribution >= 0.6 is 11.3 Å². The molecular weight excluding hydrogens is 363 g/mol. The van der Waals surface area contributed by atoms with Crippen LogP contribution in [0.4, 0.5) is 18.3 Å². The van der Waals surface area contributed by atoms with Gasteiger partial charge in [-0.3, -0.25) is 9.69 Å². The lowest BCUT2D eigenvalue weighted by Crippen LogP contribution is -2.66. The molecule has 2 N–H and O–H groups in total. The van der Waals surface area contributed by atoms with Crippen molar-refractivity contribution in [1.82, 2.24) is 20.4 Å². The molecule has 1 aromatic rings. The molecule has 3 heterocycles. The number of nitrogens with one attached hydrogen (secondary N) is 1. The van der Waals surface area contributed by atoms with Crippen LogP contribution in [0.3, 0.4) is 0 Å². The molecular formula is C13H18F3N5O3S.